The van der Waals surface area contributed by atoms with Gasteiger partial charge in [-0.15, -0.1) is 6.58 Å². The summed E-state index contributed by atoms with van der Waals surface area (Å²) in [6.45, 7) is 5.90. The van der Waals surface area contributed by atoms with Crippen molar-refractivity contribution in [3.8, 4) is 5.69 Å². The number of halogens is 1. The summed E-state index contributed by atoms with van der Waals surface area (Å²) in [6, 6.07) is 12.6. The maximum absolute atomic E-state index is 13.2. The van der Waals surface area contributed by atoms with E-state index in [2.05, 4.69) is 16.9 Å². The third-order valence-corrected chi connectivity index (χ3v) is 5.11. The minimum Gasteiger partial charge on any atom is -0.352 e. The molecule has 0 atom stereocenters. The molecule has 27 heavy (non-hydrogen) atoms. The molecule has 1 heterocycles. The minimum absolute atomic E-state index is 0.137. The van der Waals surface area contributed by atoms with Crippen molar-refractivity contribution >= 4 is 40.2 Å². The lowest BCUT2D eigenvalue weighted by Crippen LogP contribution is -2.26. The molecule has 2 aromatic carbocycles. The molecule has 0 saturated heterocycles. The molecule has 3 aromatic rings. The topological polar surface area (TPSA) is 64.0 Å². The van der Waals surface area contributed by atoms with Crippen LogP contribution in [-0.4, -0.2) is 27.8 Å². The van der Waals surface area contributed by atoms with E-state index in [9.17, 15) is 9.59 Å². The van der Waals surface area contributed by atoms with E-state index in [1.54, 1.807) is 28.8 Å². The summed E-state index contributed by atoms with van der Waals surface area (Å²) < 4.78 is 1.55. The van der Waals surface area contributed by atoms with Crippen LogP contribution in [-0.2, 0) is 4.79 Å². The van der Waals surface area contributed by atoms with Gasteiger partial charge in [-0.1, -0.05) is 47.6 Å². The fourth-order valence-corrected chi connectivity index (χ4v) is 3.63. The van der Waals surface area contributed by atoms with Gasteiger partial charge in [0.15, 0.2) is 5.16 Å². The number of hydrogen-bond donors (Lipinski definition) is 1. The number of para-hydroxylation sites is 1. The summed E-state index contributed by atoms with van der Waals surface area (Å²) in [7, 11) is 0. The molecule has 138 valence electrons. The molecule has 1 amide bonds. The molecule has 5 nitrogen and oxygen atoms in total. The van der Waals surface area contributed by atoms with Gasteiger partial charge >= 0.3 is 0 Å². The van der Waals surface area contributed by atoms with E-state index in [0.717, 1.165) is 11.3 Å². The third-order valence-electron chi connectivity index (χ3n) is 3.93. The predicted molar refractivity (Wildman–Crippen MR) is 111 cm³/mol. The van der Waals surface area contributed by atoms with Crippen LogP contribution < -0.4 is 10.9 Å². The first kappa shape index (κ1) is 19.2. The van der Waals surface area contributed by atoms with Gasteiger partial charge in [0.25, 0.3) is 5.56 Å². The first-order chi connectivity index (χ1) is 13.0. The van der Waals surface area contributed by atoms with Gasteiger partial charge in [0.2, 0.25) is 5.91 Å². The SMILES string of the molecule is C=CCNC(=O)CSc1nc2cc(Cl)ccc2c(=O)n1-c1ccccc1C. The van der Waals surface area contributed by atoms with Crippen LogP contribution in [0.3, 0.4) is 0 Å². The summed E-state index contributed by atoms with van der Waals surface area (Å²) >= 11 is 7.27. The number of rotatable bonds is 6. The number of aromatic nitrogens is 2. The molecular formula is C20H18ClN3O2S. The number of carbonyl (C=O) groups excluding carboxylic acids is 1. The summed E-state index contributed by atoms with van der Waals surface area (Å²) in [5.41, 5.74) is 1.99. The lowest BCUT2D eigenvalue weighted by atomic mass is 10.2. The lowest BCUT2D eigenvalue weighted by Gasteiger charge is -2.15. The molecule has 0 unspecified atom stereocenters. The Bertz CT molecular complexity index is 1080. The van der Waals surface area contributed by atoms with E-state index in [1.165, 1.54) is 11.8 Å². The highest BCUT2D eigenvalue weighted by Gasteiger charge is 2.16. The van der Waals surface area contributed by atoms with Crippen molar-refractivity contribution in [2.75, 3.05) is 12.3 Å². The van der Waals surface area contributed by atoms with Crippen molar-refractivity contribution in [3.05, 3.63) is 76.1 Å². The van der Waals surface area contributed by atoms with Gasteiger partial charge in [-0.05, 0) is 36.8 Å². The third kappa shape index (κ3) is 4.23. The van der Waals surface area contributed by atoms with Gasteiger partial charge < -0.3 is 5.32 Å². The van der Waals surface area contributed by atoms with Crippen LogP contribution in [0, 0.1) is 6.92 Å². The van der Waals surface area contributed by atoms with Crippen molar-refractivity contribution in [1.82, 2.24) is 14.9 Å². The van der Waals surface area contributed by atoms with E-state index in [0.29, 0.717) is 27.6 Å². The number of aryl methyl sites for hydroxylation is 1. The maximum Gasteiger partial charge on any atom is 0.266 e. The Morgan fingerprint density at radius 1 is 1.33 bits per heavy atom. The molecule has 0 aliphatic heterocycles. The number of nitrogens with zero attached hydrogens (tertiary/aromatic N) is 2. The zero-order valence-electron chi connectivity index (χ0n) is 14.7. The van der Waals surface area contributed by atoms with Crippen LogP contribution in [0.25, 0.3) is 16.6 Å². The maximum atomic E-state index is 13.2. The number of benzene rings is 2. The molecule has 7 heteroatoms. The molecule has 1 N–H and O–H groups in total. The molecule has 0 aliphatic carbocycles. The second kappa shape index (κ2) is 8.41. The number of carbonyl (C=O) groups is 1. The Hall–Kier alpha value is -2.57. The van der Waals surface area contributed by atoms with Crippen LogP contribution in [0.1, 0.15) is 5.56 Å². The van der Waals surface area contributed by atoms with Crippen molar-refractivity contribution in [1.29, 1.82) is 0 Å². The molecule has 0 fully saturated rings. The highest BCUT2D eigenvalue weighted by molar-refractivity contribution is 7.99. The van der Waals surface area contributed by atoms with Gasteiger partial charge in [-0.2, -0.15) is 0 Å². The Kier molecular flexibility index (Phi) is 5.98. The molecule has 3 rings (SSSR count). The first-order valence-corrected chi connectivity index (χ1v) is 9.66. The number of hydrogen-bond acceptors (Lipinski definition) is 4. The number of thioether (sulfide) groups is 1. The number of fused-ring (bicyclic) bond motifs is 1. The van der Waals surface area contributed by atoms with Gasteiger partial charge in [0, 0.05) is 11.6 Å². The highest BCUT2D eigenvalue weighted by Crippen LogP contribution is 2.24. The highest BCUT2D eigenvalue weighted by atomic mass is 35.5. The molecule has 0 spiro atoms. The van der Waals surface area contributed by atoms with Crippen LogP contribution >= 0.6 is 23.4 Å². The van der Waals surface area contributed by atoms with Gasteiger partial charge in [0.1, 0.15) is 0 Å². The van der Waals surface area contributed by atoms with E-state index >= 15 is 0 Å². The first-order valence-electron chi connectivity index (χ1n) is 8.30. The Balaban J connectivity index is 2.13. The van der Waals surface area contributed by atoms with Crippen LogP contribution in [0.4, 0.5) is 0 Å². The largest absolute Gasteiger partial charge is 0.352 e. The average Bonchev–Trinajstić information content (AvgIpc) is 2.65. The average molecular weight is 400 g/mol. The fourth-order valence-electron chi connectivity index (χ4n) is 2.63. The number of nitrogens with one attached hydrogen (secondary N) is 1. The molecule has 0 aliphatic rings. The smallest absolute Gasteiger partial charge is 0.266 e. The summed E-state index contributed by atoms with van der Waals surface area (Å²) in [5.74, 6) is -0.0187. The lowest BCUT2D eigenvalue weighted by molar-refractivity contribution is -0.118. The second-order valence-corrected chi connectivity index (χ2v) is 7.24. The van der Waals surface area contributed by atoms with Crippen LogP contribution in [0.5, 0.6) is 0 Å². The summed E-state index contributed by atoms with van der Waals surface area (Å²) in [6.07, 6.45) is 1.61. The molecule has 0 saturated carbocycles. The molecule has 0 radical (unpaired) electrons. The van der Waals surface area contributed by atoms with E-state index < -0.39 is 0 Å². The van der Waals surface area contributed by atoms with Crippen molar-refractivity contribution in [3.63, 3.8) is 0 Å². The van der Waals surface area contributed by atoms with E-state index in [-0.39, 0.29) is 17.2 Å². The zero-order chi connectivity index (χ0) is 19.4. The van der Waals surface area contributed by atoms with Crippen molar-refractivity contribution < 1.29 is 4.79 Å². The van der Waals surface area contributed by atoms with Gasteiger partial charge in [-0.3, -0.25) is 14.2 Å². The van der Waals surface area contributed by atoms with Crippen LogP contribution in [0.15, 0.2) is 65.1 Å². The standard InChI is InChI=1S/C20H18ClN3O2S/c1-3-10-22-18(25)12-27-20-23-16-11-14(21)8-9-15(16)19(26)24(20)17-7-5-4-6-13(17)2/h3-9,11H,1,10,12H2,2H3,(H,22,25). The molecule has 0 bridgehead atoms. The fraction of sp³-hybridized carbons (Fsp3) is 0.150. The van der Waals surface area contributed by atoms with Crippen LogP contribution in [0.2, 0.25) is 5.02 Å². The summed E-state index contributed by atoms with van der Waals surface area (Å²) in [5, 5.41) is 4.14. The van der Waals surface area contributed by atoms with Gasteiger partial charge in [-0.25, -0.2) is 4.98 Å². The zero-order valence-corrected chi connectivity index (χ0v) is 16.3. The van der Waals surface area contributed by atoms with E-state index in [4.69, 9.17) is 11.6 Å². The second-order valence-electron chi connectivity index (χ2n) is 5.86. The minimum atomic E-state index is -0.194. The molecular weight excluding hydrogens is 382 g/mol. The normalized spacial score (nSPS) is 10.7. The quantitative estimate of drug-likeness (QED) is 0.389. The Morgan fingerprint density at radius 3 is 2.85 bits per heavy atom. The summed E-state index contributed by atoms with van der Waals surface area (Å²) in [4.78, 5) is 29.8. The number of amides is 1. The monoisotopic (exact) mass is 399 g/mol. The Labute approximate surface area is 166 Å². The van der Waals surface area contributed by atoms with E-state index in [1.807, 2.05) is 31.2 Å². The van der Waals surface area contributed by atoms with Crippen molar-refractivity contribution in [2.24, 2.45) is 0 Å². The molecule has 1 aromatic heterocycles. The Morgan fingerprint density at radius 2 is 2.11 bits per heavy atom. The predicted octanol–water partition coefficient (Wildman–Crippen LogP) is 3.74. The van der Waals surface area contributed by atoms with Gasteiger partial charge in [0.05, 0.1) is 22.3 Å². The van der Waals surface area contributed by atoms with Crippen molar-refractivity contribution in [2.45, 2.75) is 12.1 Å².